The lowest BCUT2D eigenvalue weighted by atomic mass is 10.2. The van der Waals surface area contributed by atoms with E-state index in [2.05, 4.69) is 5.32 Å². The average Bonchev–Trinajstić information content (AvgIpc) is 2.68. The van der Waals surface area contributed by atoms with Gasteiger partial charge in [0.25, 0.3) is 0 Å². The predicted molar refractivity (Wildman–Crippen MR) is 118 cm³/mol. The molecule has 0 radical (unpaired) electrons. The molecule has 0 bridgehead atoms. The molecule has 2 rings (SSSR count). The summed E-state index contributed by atoms with van der Waals surface area (Å²) in [7, 11) is -3.70. The number of benzene rings is 2. The van der Waals surface area contributed by atoms with Crippen molar-refractivity contribution in [2.45, 2.75) is 18.6 Å². The van der Waals surface area contributed by atoms with Crippen molar-refractivity contribution in [3.8, 4) is 0 Å². The minimum absolute atomic E-state index is 0.0113. The summed E-state index contributed by atoms with van der Waals surface area (Å²) in [5.41, 5.74) is 1.17. The highest BCUT2D eigenvalue weighted by molar-refractivity contribution is 7.98. The minimum atomic E-state index is -3.70. The lowest BCUT2D eigenvalue weighted by molar-refractivity contribution is -0.121. The smallest absolute Gasteiger partial charge is 0.232 e. The fraction of sp³-hybridized carbons (Fsp3) is 0.350. The molecule has 0 aliphatic rings. The second-order valence-corrected chi connectivity index (χ2v) is 10.0. The van der Waals surface area contributed by atoms with Gasteiger partial charge in [-0.05, 0) is 36.2 Å². The number of hydrogen-bond acceptors (Lipinski definition) is 4. The van der Waals surface area contributed by atoms with E-state index in [1.165, 1.54) is 6.07 Å². The van der Waals surface area contributed by atoms with Gasteiger partial charge in [0, 0.05) is 42.1 Å². The third kappa shape index (κ3) is 8.12. The molecule has 0 atom stereocenters. The van der Waals surface area contributed by atoms with Crippen LogP contribution in [0.5, 0.6) is 0 Å². The van der Waals surface area contributed by atoms with Crippen LogP contribution in [0.4, 0.5) is 14.5 Å². The van der Waals surface area contributed by atoms with E-state index in [0.29, 0.717) is 11.6 Å². The van der Waals surface area contributed by atoms with Gasteiger partial charge in [-0.3, -0.25) is 9.10 Å². The first-order valence-electron chi connectivity index (χ1n) is 9.18. The van der Waals surface area contributed by atoms with Crippen LogP contribution in [-0.2, 0) is 20.6 Å². The highest BCUT2D eigenvalue weighted by Gasteiger charge is 2.19. The first kappa shape index (κ1) is 24.4. The topological polar surface area (TPSA) is 66.5 Å². The molecule has 1 amide bonds. The summed E-state index contributed by atoms with van der Waals surface area (Å²) >= 11 is 7.52. The summed E-state index contributed by atoms with van der Waals surface area (Å²) in [5, 5.41) is 3.48. The molecular weight excluding hydrogens is 454 g/mol. The zero-order chi connectivity index (χ0) is 22.1. The number of carbonyl (C=O) groups is 1. The molecule has 0 spiro atoms. The van der Waals surface area contributed by atoms with E-state index >= 15 is 0 Å². The second-order valence-electron chi connectivity index (χ2n) is 6.57. The Labute approximate surface area is 184 Å². The van der Waals surface area contributed by atoms with Crippen molar-refractivity contribution in [1.82, 2.24) is 5.32 Å². The number of sulfonamides is 1. The SMILES string of the molecule is CS(=O)(=O)N(CCCC(=O)NCCSCc1ccc(Cl)cc1)c1ccc(F)c(F)c1. The molecule has 0 aromatic heterocycles. The number of amides is 1. The lowest BCUT2D eigenvalue weighted by Crippen LogP contribution is -2.32. The summed E-state index contributed by atoms with van der Waals surface area (Å²) < 4.78 is 51.5. The molecule has 0 saturated heterocycles. The van der Waals surface area contributed by atoms with Crippen LogP contribution in [0.25, 0.3) is 0 Å². The molecule has 0 fully saturated rings. The van der Waals surface area contributed by atoms with Crippen molar-refractivity contribution in [3.63, 3.8) is 0 Å². The molecule has 1 N–H and O–H groups in total. The molecule has 5 nitrogen and oxygen atoms in total. The van der Waals surface area contributed by atoms with E-state index < -0.39 is 21.7 Å². The third-order valence-corrected chi connectivity index (χ3v) is 6.58. The monoisotopic (exact) mass is 476 g/mol. The van der Waals surface area contributed by atoms with Crippen LogP contribution in [0.3, 0.4) is 0 Å². The molecule has 2 aromatic carbocycles. The zero-order valence-corrected chi connectivity index (χ0v) is 18.8. The van der Waals surface area contributed by atoms with Gasteiger partial charge in [-0.2, -0.15) is 11.8 Å². The summed E-state index contributed by atoms with van der Waals surface area (Å²) in [6.07, 6.45) is 1.35. The number of thioether (sulfide) groups is 1. The van der Waals surface area contributed by atoms with Gasteiger partial charge in [0.2, 0.25) is 15.9 Å². The Hall–Kier alpha value is -1.84. The minimum Gasteiger partial charge on any atom is -0.355 e. The number of nitrogens with zero attached hydrogens (tertiary/aromatic N) is 1. The normalized spacial score (nSPS) is 11.3. The molecule has 164 valence electrons. The van der Waals surface area contributed by atoms with Crippen molar-refractivity contribution in [3.05, 3.63) is 64.7 Å². The van der Waals surface area contributed by atoms with Gasteiger partial charge in [-0.1, -0.05) is 23.7 Å². The Morgan fingerprint density at radius 1 is 1.13 bits per heavy atom. The van der Waals surface area contributed by atoms with Gasteiger partial charge in [-0.25, -0.2) is 17.2 Å². The molecule has 0 aliphatic carbocycles. The van der Waals surface area contributed by atoms with Crippen LogP contribution in [-0.4, -0.2) is 39.4 Å². The molecule has 10 heteroatoms. The summed E-state index contributed by atoms with van der Waals surface area (Å²) in [5.74, 6) is -0.833. The van der Waals surface area contributed by atoms with E-state index in [1.807, 2.05) is 24.3 Å². The van der Waals surface area contributed by atoms with Crippen molar-refractivity contribution in [2.75, 3.05) is 29.4 Å². The highest BCUT2D eigenvalue weighted by atomic mass is 35.5. The fourth-order valence-corrected chi connectivity index (χ4v) is 4.53. The summed E-state index contributed by atoms with van der Waals surface area (Å²) in [4.78, 5) is 12.0. The quantitative estimate of drug-likeness (QED) is 0.493. The maximum atomic E-state index is 13.4. The van der Waals surface area contributed by atoms with E-state index in [9.17, 15) is 22.0 Å². The Bertz CT molecular complexity index is 957. The number of nitrogens with one attached hydrogen (secondary N) is 1. The van der Waals surface area contributed by atoms with E-state index in [4.69, 9.17) is 11.6 Å². The first-order chi connectivity index (χ1) is 14.2. The van der Waals surface area contributed by atoms with Crippen LogP contribution in [0.15, 0.2) is 42.5 Å². The predicted octanol–water partition coefficient (Wildman–Crippen LogP) is 4.21. The van der Waals surface area contributed by atoms with Crippen LogP contribution in [0.2, 0.25) is 5.02 Å². The van der Waals surface area contributed by atoms with E-state index in [1.54, 1.807) is 11.8 Å². The fourth-order valence-electron chi connectivity index (χ4n) is 2.63. The van der Waals surface area contributed by atoms with Crippen molar-refractivity contribution in [1.29, 1.82) is 0 Å². The van der Waals surface area contributed by atoms with E-state index in [-0.39, 0.29) is 31.0 Å². The molecule has 0 unspecified atom stereocenters. The Balaban J connectivity index is 1.72. The van der Waals surface area contributed by atoms with Gasteiger partial charge < -0.3 is 5.32 Å². The molecule has 0 saturated carbocycles. The maximum Gasteiger partial charge on any atom is 0.232 e. The molecule has 30 heavy (non-hydrogen) atoms. The number of hydrogen-bond donors (Lipinski definition) is 1. The van der Waals surface area contributed by atoms with Crippen LogP contribution < -0.4 is 9.62 Å². The lowest BCUT2D eigenvalue weighted by Gasteiger charge is -2.22. The van der Waals surface area contributed by atoms with E-state index in [0.717, 1.165) is 39.8 Å². The highest BCUT2D eigenvalue weighted by Crippen LogP contribution is 2.21. The van der Waals surface area contributed by atoms with Crippen molar-refractivity contribution < 1.29 is 22.0 Å². The van der Waals surface area contributed by atoms with Crippen LogP contribution >= 0.6 is 23.4 Å². The van der Waals surface area contributed by atoms with Gasteiger partial charge in [0.05, 0.1) is 11.9 Å². The van der Waals surface area contributed by atoms with Gasteiger partial charge in [0.1, 0.15) is 0 Å². The zero-order valence-electron chi connectivity index (χ0n) is 16.4. The van der Waals surface area contributed by atoms with Gasteiger partial charge in [0.15, 0.2) is 11.6 Å². The molecular formula is C20H23ClF2N2O3S2. The summed E-state index contributed by atoms with van der Waals surface area (Å²) in [6, 6.07) is 10.5. The number of halogens is 3. The van der Waals surface area contributed by atoms with Gasteiger partial charge in [-0.15, -0.1) is 0 Å². The Kier molecular flexibility index (Phi) is 9.38. The maximum absolute atomic E-state index is 13.4. The molecule has 0 aliphatic heterocycles. The molecule has 0 heterocycles. The standard InChI is InChI=1S/C20H23ClF2N2O3S2/c1-30(27,28)25(17-8-9-18(22)19(23)13-17)11-2-3-20(26)24-10-12-29-14-15-4-6-16(21)7-5-15/h4-9,13H,2-3,10-12,14H2,1H3,(H,24,26). The van der Waals surface area contributed by atoms with Crippen molar-refractivity contribution >= 4 is 45.0 Å². The van der Waals surface area contributed by atoms with Crippen LogP contribution in [0, 0.1) is 11.6 Å². The third-order valence-electron chi connectivity index (χ3n) is 4.11. The summed E-state index contributed by atoms with van der Waals surface area (Å²) in [6.45, 7) is 0.485. The first-order valence-corrected chi connectivity index (χ1v) is 12.6. The number of anilines is 1. The number of rotatable bonds is 11. The largest absolute Gasteiger partial charge is 0.355 e. The molecule has 2 aromatic rings. The second kappa shape index (κ2) is 11.5. The Morgan fingerprint density at radius 2 is 1.83 bits per heavy atom. The number of carbonyl (C=O) groups excluding carboxylic acids is 1. The Morgan fingerprint density at radius 3 is 2.47 bits per heavy atom. The average molecular weight is 477 g/mol. The van der Waals surface area contributed by atoms with Gasteiger partial charge >= 0.3 is 0 Å². The van der Waals surface area contributed by atoms with Crippen LogP contribution in [0.1, 0.15) is 18.4 Å². The van der Waals surface area contributed by atoms with Crippen molar-refractivity contribution in [2.24, 2.45) is 0 Å².